The fourth-order valence-electron chi connectivity index (χ4n) is 4.03. The maximum Gasteiger partial charge on any atom is 0.327 e. The fraction of sp³-hybridized carbons (Fsp3) is 0.259. The number of aryl methyl sites for hydroxylation is 1. The average molecular weight is 474 g/mol. The summed E-state index contributed by atoms with van der Waals surface area (Å²) in [4.78, 5) is 51.1. The topological polar surface area (TPSA) is 105 Å². The second kappa shape index (κ2) is 9.97. The minimum absolute atomic E-state index is 0.387. The molecule has 0 radical (unpaired) electrons. The molecule has 0 aromatic heterocycles. The zero-order chi connectivity index (χ0) is 25.0. The van der Waals surface area contributed by atoms with Crippen LogP contribution < -0.4 is 10.6 Å². The number of urea groups is 1. The highest BCUT2D eigenvalue weighted by molar-refractivity contribution is 6.08. The van der Waals surface area contributed by atoms with Crippen molar-refractivity contribution < 1.29 is 23.9 Å². The van der Waals surface area contributed by atoms with E-state index in [0.717, 1.165) is 21.2 Å². The van der Waals surface area contributed by atoms with Gasteiger partial charge in [-0.1, -0.05) is 60.7 Å². The number of anilines is 1. The molecule has 1 aliphatic heterocycles. The number of nitrogens with one attached hydrogen (secondary N) is 2. The zero-order valence-electron chi connectivity index (χ0n) is 19.6. The molecule has 8 heteroatoms. The number of amides is 4. The summed E-state index contributed by atoms with van der Waals surface area (Å²) in [6.07, 6.45) is -0.134. The Morgan fingerprint density at radius 3 is 2.43 bits per heavy atom. The Kier molecular flexibility index (Phi) is 6.82. The molecule has 0 unspecified atom stereocenters. The van der Waals surface area contributed by atoms with Crippen LogP contribution >= 0.6 is 0 Å². The molecule has 1 fully saturated rings. The van der Waals surface area contributed by atoms with Crippen molar-refractivity contribution in [2.45, 2.75) is 38.3 Å². The van der Waals surface area contributed by atoms with E-state index in [-0.39, 0.29) is 0 Å². The molecule has 4 amide bonds. The molecule has 2 N–H and O–H groups in total. The largest absolute Gasteiger partial charge is 0.451 e. The molecule has 3 aromatic rings. The summed E-state index contributed by atoms with van der Waals surface area (Å²) in [7, 11) is 0. The van der Waals surface area contributed by atoms with Crippen LogP contribution in [0, 0.1) is 0 Å². The molecule has 0 saturated carbocycles. The summed E-state index contributed by atoms with van der Waals surface area (Å²) in [5.41, 5.74) is 0.492. The minimum Gasteiger partial charge on any atom is -0.451 e. The lowest BCUT2D eigenvalue weighted by Crippen LogP contribution is -2.45. The van der Waals surface area contributed by atoms with E-state index >= 15 is 0 Å². The van der Waals surface area contributed by atoms with Gasteiger partial charge in [0.1, 0.15) is 12.1 Å². The molecule has 8 nitrogen and oxygen atoms in total. The van der Waals surface area contributed by atoms with Crippen molar-refractivity contribution in [1.29, 1.82) is 0 Å². The molecular weight excluding hydrogens is 446 g/mol. The molecule has 4 rings (SSSR count). The van der Waals surface area contributed by atoms with E-state index in [1.807, 2.05) is 66.7 Å². The van der Waals surface area contributed by atoms with Crippen LogP contribution in [0.2, 0.25) is 0 Å². The summed E-state index contributed by atoms with van der Waals surface area (Å²) < 4.78 is 5.20. The number of ether oxygens (including phenoxy) is 1. The highest BCUT2D eigenvalue weighted by Gasteiger charge is 2.48. The van der Waals surface area contributed by atoms with Gasteiger partial charge >= 0.3 is 12.0 Å². The smallest absolute Gasteiger partial charge is 0.327 e. The number of hydrogen-bond acceptors (Lipinski definition) is 5. The third kappa shape index (κ3) is 5.48. The SMILES string of the molecule is C[C@H](OC(=O)CN1C(=O)N[C@](C)(CCc2ccccc2)C1=O)C(=O)Nc1ccc2ccccc2c1. The summed E-state index contributed by atoms with van der Waals surface area (Å²) in [6, 6.07) is 22.2. The van der Waals surface area contributed by atoms with Gasteiger partial charge in [0.2, 0.25) is 0 Å². The Morgan fingerprint density at radius 1 is 1.00 bits per heavy atom. The predicted molar refractivity (Wildman–Crippen MR) is 132 cm³/mol. The van der Waals surface area contributed by atoms with Gasteiger partial charge in [-0.05, 0) is 55.2 Å². The average Bonchev–Trinajstić information content (AvgIpc) is 3.06. The molecule has 180 valence electrons. The number of esters is 1. The van der Waals surface area contributed by atoms with Crippen LogP contribution in [-0.4, -0.2) is 46.9 Å². The highest BCUT2D eigenvalue weighted by atomic mass is 16.5. The lowest BCUT2D eigenvalue weighted by Gasteiger charge is -2.21. The van der Waals surface area contributed by atoms with Crippen molar-refractivity contribution in [2.75, 3.05) is 11.9 Å². The van der Waals surface area contributed by atoms with Gasteiger partial charge in [0.05, 0.1) is 0 Å². The fourth-order valence-corrected chi connectivity index (χ4v) is 4.03. The van der Waals surface area contributed by atoms with Crippen LogP contribution in [0.1, 0.15) is 25.8 Å². The molecule has 0 spiro atoms. The lowest BCUT2D eigenvalue weighted by atomic mass is 9.93. The van der Waals surface area contributed by atoms with Crippen LogP contribution in [0.4, 0.5) is 10.5 Å². The maximum atomic E-state index is 12.9. The number of nitrogens with zero attached hydrogens (tertiary/aromatic N) is 1. The Balaban J connectivity index is 1.31. The first-order chi connectivity index (χ1) is 16.7. The van der Waals surface area contributed by atoms with Crippen molar-refractivity contribution in [3.63, 3.8) is 0 Å². The van der Waals surface area contributed by atoms with Crippen LogP contribution in [0.15, 0.2) is 72.8 Å². The van der Waals surface area contributed by atoms with E-state index in [9.17, 15) is 19.2 Å². The number of fused-ring (bicyclic) bond motifs is 1. The van der Waals surface area contributed by atoms with Crippen molar-refractivity contribution in [3.05, 3.63) is 78.4 Å². The molecule has 1 heterocycles. The van der Waals surface area contributed by atoms with Crippen molar-refractivity contribution >= 4 is 40.3 Å². The summed E-state index contributed by atoms with van der Waals surface area (Å²) >= 11 is 0. The molecule has 1 aliphatic rings. The van der Waals surface area contributed by atoms with Crippen LogP contribution in [-0.2, 0) is 25.5 Å². The van der Waals surface area contributed by atoms with Gasteiger partial charge in [-0.25, -0.2) is 4.79 Å². The molecule has 0 aliphatic carbocycles. The molecular formula is C27H27N3O5. The van der Waals surface area contributed by atoms with E-state index in [1.54, 1.807) is 13.0 Å². The van der Waals surface area contributed by atoms with E-state index in [0.29, 0.717) is 18.5 Å². The van der Waals surface area contributed by atoms with Crippen molar-refractivity contribution in [1.82, 2.24) is 10.2 Å². The number of benzene rings is 3. The quantitative estimate of drug-likeness (QED) is 0.384. The van der Waals surface area contributed by atoms with Gasteiger partial charge < -0.3 is 15.4 Å². The first-order valence-electron chi connectivity index (χ1n) is 11.4. The number of hydrogen-bond donors (Lipinski definition) is 2. The number of imide groups is 1. The van der Waals surface area contributed by atoms with E-state index in [1.165, 1.54) is 6.92 Å². The van der Waals surface area contributed by atoms with Crippen LogP contribution in [0.3, 0.4) is 0 Å². The van der Waals surface area contributed by atoms with Crippen molar-refractivity contribution in [3.8, 4) is 0 Å². The number of carbonyl (C=O) groups is 4. The maximum absolute atomic E-state index is 12.9. The van der Waals surface area contributed by atoms with Gasteiger partial charge in [-0.3, -0.25) is 19.3 Å². The third-order valence-electron chi connectivity index (χ3n) is 6.08. The number of carbonyl (C=O) groups excluding carboxylic acids is 4. The van der Waals surface area contributed by atoms with Gasteiger partial charge in [0.15, 0.2) is 6.10 Å². The zero-order valence-corrected chi connectivity index (χ0v) is 19.6. The Morgan fingerprint density at radius 2 is 1.69 bits per heavy atom. The van der Waals surface area contributed by atoms with E-state index < -0.39 is 42.0 Å². The lowest BCUT2D eigenvalue weighted by molar-refractivity contribution is -0.155. The monoisotopic (exact) mass is 473 g/mol. The van der Waals surface area contributed by atoms with E-state index in [2.05, 4.69) is 10.6 Å². The third-order valence-corrected chi connectivity index (χ3v) is 6.08. The standard InChI is InChI=1S/C27H27N3O5/c1-18(24(32)28-22-13-12-20-10-6-7-11-21(20)16-22)35-23(31)17-30-25(33)27(2,29-26(30)34)15-14-19-8-4-3-5-9-19/h3-13,16,18H,14-15,17H2,1-2H3,(H,28,32)(H,29,34)/t18-,27+/m0/s1. The highest BCUT2D eigenvalue weighted by Crippen LogP contribution is 2.23. The van der Waals surface area contributed by atoms with Crippen molar-refractivity contribution in [2.24, 2.45) is 0 Å². The summed E-state index contributed by atoms with van der Waals surface area (Å²) in [5, 5.41) is 7.40. The first kappa shape index (κ1) is 23.9. The Bertz CT molecular complexity index is 1280. The Hall–Kier alpha value is -4.20. The minimum atomic E-state index is -1.12. The molecule has 2 atom stereocenters. The van der Waals surface area contributed by atoms with E-state index in [4.69, 9.17) is 4.74 Å². The first-order valence-corrected chi connectivity index (χ1v) is 11.4. The van der Waals surface area contributed by atoms with Gasteiger partial charge in [-0.15, -0.1) is 0 Å². The second-order valence-corrected chi connectivity index (χ2v) is 8.82. The van der Waals surface area contributed by atoms with Crippen LogP contribution in [0.5, 0.6) is 0 Å². The molecule has 1 saturated heterocycles. The Labute approximate surface area is 203 Å². The molecule has 3 aromatic carbocycles. The normalized spacial score (nSPS) is 18.3. The summed E-state index contributed by atoms with van der Waals surface area (Å²) in [6.45, 7) is 2.50. The van der Waals surface area contributed by atoms with Gasteiger partial charge in [-0.2, -0.15) is 0 Å². The van der Waals surface area contributed by atoms with Gasteiger partial charge in [0, 0.05) is 5.69 Å². The predicted octanol–water partition coefficient (Wildman–Crippen LogP) is 3.65. The molecule has 0 bridgehead atoms. The van der Waals surface area contributed by atoms with Crippen LogP contribution in [0.25, 0.3) is 10.8 Å². The second-order valence-electron chi connectivity index (χ2n) is 8.82. The van der Waals surface area contributed by atoms with Gasteiger partial charge in [0.25, 0.3) is 11.8 Å². The number of rotatable bonds is 8. The summed E-state index contributed by atoms with van der Waals surface area (Å²) in [5.74, 6) is -1.86. The molecule has 35 heavy (non-hydrogen) atoms.